The van der Waals surface area contributed by atoms with Gasteiger partial charge in [0.15, 0.2) is 0 Å². The highest BCUT2D eigenvalue weighted by Crippen LogP contribution is 2.19. The molecule has 0 aromatic heterocycles. The van der Waals surface area contributed by atoms with Gasteiger partial charge in [0.05, 0.1) is 12.2 Å². The van der Waals surface area contributed by atoms with E-state index in [1.807, 2.05) is 13.8 Å². The summed E-state index contributed by atoms with van der Waals surface area (Å²) in [4.78, 5) is 2.25. The van der Waals surface area contributed by atoms with Crippen molar-refractivity contribution in [1.29, 1.82) is 0 Å². The Hall–Kier alpha value is -0.120. The molecule has 4 atom stereocenters. The molecule has 0 radical (unpaired) electrons. The second kappa shape index (κ2) is 4.40. The highest BCUT2D eigenvalue weighted by Gasteiger charge is 2.28. The van der Waals surface area contributed by atoms with E-state index in [0.717, 1.165) is 19.5 Å². The van der Waals surface area contributed by atoms with Crippen LogP contribution >= 0.6 is 0 Å². The molecule has 0 bridgehead atoms. The molecule has 1 aliphatic heterocycles. The second-order valence-electron chi connectivity index (χ2n) is 4.31. The van der Waals surface area contributed by atoms with Gasteiger partial charge in [-0.2, -0.15) is 0 Å². The summed E-state index contributed by atoms with van der Waals surface area (Å²) < 4.78 is 0. The summed E-state index contributed by atoms with van der Waals surface area (Å²) in [6.45, 7) is 7.71. The SMILES string of the molecule is CC(O)C(C)N1CCC(O)C(C)C1. The van der Waals surface area contributed by atoms with Crippen LogP contribution in [-0.4, -0.2) is 46.5 Å². The molecule has 1 fully saturated rings. The van der Waals surface area contributed by atoms with Gasteiger partial charge in [-0.05, 0) is 26.2 Å². The zero-order valence-electron chi connectivity index (χ0n) is 8.77. The maximum absolute atomic E-state index is 9.53. The molecule has 1 saturated heterocycles. The summed E-state index contributed by atoms with van der Waals surface area (Å²) >= 11 is 0. The minimum Gasteiger partial charge on any atom is -0.393 e. The minimum absolute atomic E-state index is 0.155. The maximum Gasteiger partial charge on any atom is 0.0664 e. The summed E-state index contributed by atoms with van der Waals surface area (Å²) in [7, 11) is 0. The van der Waals surface area contributed by atoms with E-state index in [-0.39, 0.29) is 18.2 Å². The van der Waals surface area contributed by atoms with Crippen LogP contribution < -0.4 is 0 Å². The quantitative estimate of drug-likeness (QED) is 0.660. The summed E-state index contributed by atoms with van der Waals surface area (Å²) in [6.07, 6.45) is 0.387. The van der Waals surface area contributed by atoms with Crippen LogP contribution in [0.2, 0.25) is 0 Å². The zero-order chi connectivity index (χ0) is 10.0. The van der Waals surface area contributed by atoms with Crippen molar-refractivity contribution < 1.29 is 10.2 Å². The molecule has 78 valence electrons. The first-order chi connectivity index (χ1) is 6.02. The number of rotatable bonds is 2. The van der Waals surface area contributed by atoms with Gasteiger partial charge >= 0.3 is 0 Å². The third-order valence-corrected chi connectivity index (χ3v) is 3.17. The molecule has 3 nitrogen and oxygen atoms in total. The largest absolute Gasteiger partial charge is 0.393 e. The molecule has 0 aliphatic carbocycles. The van der Waals surface area contributed by atoms with Crippen LogP contribution in [0.5, 0.6) is 0 Å². The molecule has 0 aromatic carbocycles. The Bertz CT molecular complexity index is 161. The Morgan fingerprint density at radius 3 is 2.46 bits per heavy atom. The molecule has 0 aromatic rings. The molecule has 1 rings (SSSR count). The van der Waals surface area contributed by atoms with Crippen molar-refractivity contribution in [2.45, 2.75) is 45.4 Å². The van der Waals surface area contributed by atoms with Crippen LogP contribution in [0.4, 0.5) is 0 Å². The van der Waals surface area contributed by atoms with Crippen molar-refractivity contribution >= 4 is 0 Å². The number of hydrogen-bond donors (Lipinski definition) is 2. The third-order valence-electron chi connectivity index (χ3n) is 3.17. The van der Waals surface area contributed by atoms with Gasteiger partial charge in [-0.25, -0.2) is 0 Å². The maximum atomic E-state index is 9.53. The van der Waals surface area contributed by atoms with Gasteiger partial charge in [0.25, 0.3) is 0 Å². The number of hydrogen-bond acceptors (Lipinski definition) is 3. The van der Waals surface area contributed by atoms with Crippen molar-refractivity contribution in [1.82, 2.24) is 4.90 Å². The predicted molar refractivity (Wildman–Crippen MR) is 52.5 cm³/mol. The van der Waals surface area contributed by atoms with Gasteiger partial charge in [-0.3, -0.25) is 4.90 Å². The van der Waals surface area contributed by atoms with E-state index < -0.39 is 0 Å². The van der Waals surface area contributed by atoms with Crippen LogP contribution in [0.3, 0.4) is 0 Å². The lowest BCUT2D eigenvalue weighted by Crippen LogP contribution is -2.49. The smallest absolute Gasteiger partial charge is 0.0664 e. The third kappa shape index (κ3) is 2.66. The fraction of sp³-hybridized carbons (Fsp3) is 1.00. The topological polar surface area (TPSA) is 43.7 Å². The summed E-state index contributed by atoms with van der Waals surface area (Å²) in [6, 6.07) is 0.204. The minimum atomic E-state index is -0.289. The van der Waals surface area contributed by atoms with Crippen LogP contribution in [0.15, 0.2) is 0 Å². The first kappa shape index (κ1) is 11.0. The van der Waals surface area contributed by atoms with Crippen LogP contribution in [0.1, 0.15) is 27.2 Å². The summed E-state index contributed by atoms with van der Waals surface area (Å²) in [5.74, 6) is 0.329. The molecule has 3 heteroatoms. The highest BCUT2D eigenvalue weighted by atomic mass is 16.3. The van der Waals surface area contributed by atoms with Crippen LogP contribution in [-0.2, 0) is 0 Å². The van der Waals surface area contributed by atoms with Crippen molar-refractivity contribution in [3.63, 3.8) is 0 Å². The predicted octanol–water partition coefficient (Wildman–Crippen LogP) is 0.458. The molecule has 13 heavy (non-hydrogen) atoms. The van der Waals surface area contributed by atoms with E-state index in [4.69, 9.17) is 0 Å². The van der Waals surface area contributed by atoms with E-state index in [9.17, 15) is 10.2 Å². The van der Waals surface area contributed by atoms with E-state index in [1.54, 1.807) is 0 Å². The van der Waals surface area contributed by atoms with Gasteiger partial charge in [0.2, 0.25) is 0 Å². The fourth-order valence-corrected chi connectivity index (χ4v) is 1.84. The van der Waals surface area contributed by atoms with Gasteiger partial charge in [-0.15, -0.1) is 0 Å². The summed E-state index contributed by atoms with van der Waals surface area (Å²) in [5, 5.41) is 18.9. The van der Waals surface area contributed by atoms with Crippen molar-refractivity contribution in [2.75, 3.05) is 13.1 Å². The van der Waals surface area contributed by atoms with Gasteiger partial charge in [-0.1, -0.05) is 6.92 Å². The number of aliphatic hydroxyl groups is 2. The van der Waals surface area contributed by atoms with Gasteiger partial charge < -0.3 is 10.2 Å². The second-order valence-corrected chi connectivity index (χ2v) is 4.31. The number of nitrogens with zero attached hydrogens (tertiary/aromatic N) is 1. The van der Waals surface area contributed by atoms with Gasteiger partial charge in [0.1, 0.15) is 0 Å². The van der Waals surface area contributed by atoms with Crippen molar-refractivity contribution in [2.24, 2.45) is 5.92 Å². The molecule has 4 unspecified atom stereocenters. The zero-order valence-corrected chi connectivity index (χ0v) is 8.77. The number of likely N-dealkylation sites (tertiary alicyclic amines) is 1. The Morgan fingerprint density at radius 2 is 2.00 bits per heavy atom. The standard InChI is InChI=1S/C10H21NO2/c1-7-6-11(5-4-10(7)13)8(2)9(3)12/h7-10,12-13H,4-6H2,1-3H3. The van der Waals surface area contributed by atoms with E-state index in [1.165, 1.54) is 0 Å². The lowest BCUT2D eigenvalue weighted by atomic mass is 9.95. The first-order valence-electron chi connectivity index (χ1n) is 5.12. The molecule has 1 heterocycles. The fourth-order valence-electron chi connectivity index (χ4n) is 1.84. The van der Waals surface area contributed by atoms with Crippen LogP contribution in [0.25, 0.3) is 0 Å². The molecule has 0 saturated carbocycles. The number of piperidine rings is 1. The molecular formula is C10H21NO2. The Balaban J connectivity index is 2.45. The normalized spacial score (nSPS) is 35.8. The Labute approximate surface area is 80.4 Å². The van der Waals surface area contributed by atoms with Crippen molar-refractivity contribution in [3.05, 3.63) is 0 Å². The molecule has 2 N–H and O–H groups in total. The average Bonchev–Trinajstić information content (AvgIpc) is 2.08. The summed E-state index contributed by atoms with van der Waals surface area (Å²) in [5.41, 5.74) is 0. The van der Waals surface area contributed by atoms with Crippen molar-refractivity contribution in [3.8, 4) is 0 Å². The highest BCUT2D eigenvalue weighted by molar-refractivity contribution is 4.81. The Morgan fingerprint density at radius 1 is 1.38 bits per heavy atom. The van der Waals surface area contributed by atoms with E-state index in [0.29, 0.717) is 5.92 Å². The monoisotopic (exact) mass is 187 g/mol. The molecule has 1 aliphatic rings. The lowest BCUT2D eigenvalue weighted by molar-refractivity contribution is -0.00873. The Kier molecular flexibility index (Phi) is 3.71. The van der Waals surface area contributed by atoms with E-state index in [2.05, 4.69) is 11.8 Å². The lowest BCUT2D eigenvalue weighted by Gasteiger charge is -2.39. The van der Waals surface area contributed by atoms with Crippen LogP contribution in [0, 0.1) is 5.92 Å². The first-order valence-corrected chi connectivity index (χ1v) is 5.12. The number of aliphatic hydroxyl groups excluding tert-OH is 2. The molecule has 0 amide bonds. The molecule has 0 spiro atoms. The van der Waals surface area contributed by atoms with E-state index >= 15 is 0 Å². The molecular weight excluding hydrogens is 166 g/mol. The van der Waals surface area contributed by atoms with Gasteiger partial charge in [0, 0.05) is 19.1 Å². The average molecular weight is 187 g/mol.